The standard InChI is InChI=1S/C26H35BFP/c1-7-8-9-10-11-29(26-20(4)14-24(17-28)15-21(26)5)22(6)25-18(2)12-23(16-27)13-19(25)3/h12-15H,6-11,16-17H2,1-5H3. The summed E-state index contributed by atoms with van der Waals surface area (Å²) < 4.78 is 13.3. The lowest BCUT2D eigenvalue weighted by Gasteiger charge is -2.27. The van der Waals surface area contributed by atoms with Crippen LogP contribution in [0.2, 0.25) is 0 Å². The summed E-state index contributed by atoms with van der Waals surface area (Å²) in [5, 5.41) is 2.63. The molecule has 0 heterocycles. The predicted octanol–water partition coefficient (Wildman–Crippen LogP) is 7.42. The quantitative estimate of drug-likeness (QED) is 0.218. The third-order valence-corrected chi connectivity index (χ3v) is 8.54. The summed E-state index contributed by atoms with van der Waals surface area (Å²) >= 11 is 0. The fraction of sp³-hybridized carbons (Fsp3) is 0.462. The number of alkyl halides is 1. The van der Waals surface area contributed by atoms with E-state index in [4.69, 9.17) is 7.85 Å². The highest BCUT2D eigenvalue weighted by molar-refractivity contribution is 7.75. The van der Waals surface area contributed by atoms with Crippen LogP contribution in [-0.2, 0) is 13.0 Å². The van der Waals surface area contributed by atoms with E-state index < -0.39 is 14.6 Å². The second-order valence-electron chi connectivity index (χ2n) is 8.18. The third kappa shape index (κ3) is 5.82. The van der Waals surface area contributed by atoms with Crippen molar-refractivity contribution >= 4 is 26.4 Å². The highest BCUT2D eigenvalue weighted by atomic mass is 31.1. The molecule has 0 amide bonds. The van der Waals surface area contributed by atoms with E-state index in [1.807, 2.05) is 12.1 Å². The van der Waals surface area contributed by atoms with E-state index >= 15 is 0 Å². The van der Waals surface area contributed by atoms with Gasteiger partial charge in [0.2, 0.25) is 0 Å². The maximum Gasteiger partial charge on any atom is 0.115 e. The van der Waals surface area contributed by atoms with Crippen LogP contribution >= 0.6 is 7.92 Å². The molecule has 2 aromatic carbocycles. The largest absolute Gasteiger partial charge is 0.246 e. The van der Waals surface area contributed by atoms with Crippen molar-refractivity contribution in [1.29, 1.82) is 0 Å². The van der Waals surface area contributed by atoms with Gasteiger partial charge in [-0.15, -0.1) is 0 Å². The zero-order valence-corrected chi connectivity index (χ0v) is 19.8. The molecule has 0 aromatic heterocycles. The molecule has 2 rings (SSSR count). The van der Waals surface area contributed by atoms with Gasteiger partial charge in [0.05, 0.1) is 7.85 Å². The van der Waals surface area contributed by atoms with Gasteiger partial charge >= 0.3 is 0 Å². The van der Waals surface area contributed by atoms with Gasteiger partial charge in [0, 0.05) is 0 Å². The van der Waals surface area contributed by atoms with Gasteiger partial charge in [0.1, 0.15) is 6.67 Å². The fourth-order valence-electron chi connectivity index (χ4n) is 4.39. The summed E-state index contributed by atoms with van der Waals surface area (Å²) in [6, 6.07) is 8.44. The van der Waals surface area contributed by atoms with E-state index in [0.29, 0.717) is 6.32 Å². The Morgan fingerprint density at radius 2 is 1.45 bits per heavy atom. The molecule has 0 N–H and O–H groups in total. The average Bonchev–Trinajstić information content (AvgIpc) is 2.68. The highest BCUT2D eigenvalue weighted by Gasteiger charge is 2.22. The lowest BCUT2D eigenvalue weighted by molar-refractivity contribution is 0.485. The van der Waals surface area contributed by atoms with Crippen LogP contribution in [0.5, 0.6) is 0 Å². The lowest BCUT2D eigenvalue weighted by Crippen LogP contribution is -2.14. The summed E-state index contributed by atoms with van der Waals surface area (Å²) in [5.74, 6) is 0. The first-order valence-electron chi connectivity index (χ1n) is 10.8. The first-order chi connectivity index (χ1) is 13.8. The predicted molar refractivity (Wildman–Crippen MR) is 131 cm³/mol. The molecule has 154 valence electrons. The number of halogens is 1. The number of aryl methyl sites for hydroxylation is 4. The Kier molecular flexibility index (Phi) is 9.16. The van der Waals surface area contributed by atoms with Gasteiger partial charge in [0.15, 0.2) is 0 Å². The number of benzene rings is 2. The molecule has 1 atom stereocenters. The number of hydrogen-bond acceptors (Lipinski definition) is 0. The Morgan fingerprint density at radius 1 is 0.897 bits per heavy atom. The first kappa shape index (κ1) is 23.9. The summed E-state index contributed by atoms with van der Waals surface area (Å²) in [6.45, 7) is 15.1. The van der Waals surface area contributed by atoms with Crippen molar-refractivity contribution in [3.63, 3.8) is 0 Å². The third-order valence-electron chi connectivity index (χ3n) is 5.65. The molecule has 0 saturated carbocycles. The van der Waals surface area contributed by atoms with Gasteiger partial charge < -0.3 is 0 Å². The van der Waals surface area contributed by atoms with Crippen molar-refractivity contribution in [2.45, 2.75) is 73.3 Å². The van der Waals surface area contributed by atoms with Crippen molar-refractivity contribution in [2.24, 2.45) is 0 Å². The minimum absolute atomic E-state index is 0.407. The number of hydrogen-bond donors (Lipinski definition) is 0. The Balaban J connectivity index is 2.50. The Labute approximate surface area is 180 Å². The van der Waals surface area contributed by atoms with Gasteiger partial charge in [-0.2, -0.15) is 0 Å². The van der Waals surface area contributed by atoms with Crippen LogP contribution < -0.4 is 5.30 Å². The maximum absolute atomic E-state index is 13.3. The smallest absolute Gasteiger partial charge is 0.115 e. The van der Waals surface area contributed by atoms with E-state index in [-0.39, 0.29) is 0 Å². The zero-order chi connectivity index (χ0) is 21.6. The monoisotopic (exact) mass is 408 g/mol. The SMILES string of the molecule is [B]Cc1cc(C)c(C(=C)P(CCCCCC)c2c(C)cc(CF)cc2C)c(C)c1. The Bertz CT molecular complexity index is 810. The number of rotatable bonds is 10. The minimum Gasteiger partial charge on any atom is -0.246 e. The van der Waals surface area contributed by atoms with E-state index in [0.717, 1.165) is 11.7 Å². The molecule has 0 nitrogen and oxygen atoms in total. The van der Waals surface area contributed by atoms with Gasteiger partial charge in [0.25, 0.3) is 0 Å². The average molecular weight is 408 g/mol. The molecular weight excluding hydrogens is 373 g/mol. The molecule has 3 heteroatoms. The first-order valence-corrected chi connectivity index (χ1v) is 12.3. The molecule has 0 bridgehead atoms. The van der Waals surface area contributed by atoms with E-state index in [1.165, 1.54) is 69.7 Å². The van der Waals surface area contributed by atoms with Crippen LogP contribution in [0.25, 0.3) is 5.31 Å². The van der Waals surface area contributed by atoms with E-state index in [2.05, 4.69) is 53.3 Å². The molecule has 0 fully saturated rings. The molecule has 1 unspecified atom stereocenters. The molecule has 2 aromatic rings. The molecule has 29 heavy (non-hydrogen) atoms. The molecule has 2 radical (unpaired) electrons. The van der Waals surface area contributed by atoms with Gasteiger partial charge in [-0.3, -0.25) is 0 Å². The Hall–Kier alpha value is -1.40. The van der Waals surface area contributed by atoms with Crippen molar-refractivity contribution in [3.05, 3.63) is 69.8 Å². The molecule has 0 aliphatic carbocycles. The van der Waals surface area contributed by atoms with Gasteiger partial charge in [-0.25, -0.2) is 4.39 Å². The van der Waals surface area contributed by atoms with Crippen LogP contribution in [0.15, 0.2) is 30.8 Å². The zero-order valence-electron chi connectivity index (χ0n) is 18.9. The van der Waals surface area contributed by atoms with Crippen molar-refractivity contribution in [3.8, 4) is 0 Å². The topological polar surface area (TPSA) is 0 Å². The summed E-state index contributed by atoms with van der Waals surface area (Å²) in [5.41, 5.74) is 8.15. The van der Waals surface area contributed by atoms with E-state index in [9.17, 15) is 4.39 Å². The van der Waals surface area contributed by atoms with Crippen LogP contribution in [-0.4, -0.2) is 14.0 Å². The second kappa shape index (κ2) is 11.1. The summed E-state index contributed by atoms with van der Waals surface area (Å²) in [7, 11) is 5.31. The van der Waals surface area contributed by atoms with Crippen molar-refractivity contribution in [1.82, 2.24) is 0 Å². The van der Waals surface area contributed by atoms with Crippen molar-refractivity contribution in [2.75, 3.05) is 6.16 Å². The molecule has 0 spiro atoms. The molecular formula is C26H35BFP. The van der Waals surface area contributed by atoms with Crippen molar-refractivity contribution < 1.29 is 4.39 Å². The fourth-order valence-corrected chi connectivity index (χ4v) is 7.29. The summed E-state index contributed by atoms with van der Waals surface area (Å²) in [6.07, 6.45) is 6.68. The molecule has 0 aliphatic heterocycles. The molecule has 0 saturated heterocycles. The summed E-state index contributed by atoms with van der Waals surface area (Å²) in [4.78, 5) is 0. The Morgan fingerprint density at radius 3 is 1.93 bits per heavy atom. The highest BCUT2D eigenvalue weighted by Crippen LogP contribution is 2.52. The number of unbranched alkanes of at least 4 members (excludes halogenated alkanes) is 3. The van der Waals surface area contributed by atoms with Crippen LogP contribution in [0, 0.1) is 27.7 Å². The van der Waals surface area contributed by atoms with Crippen LogP contribution in [0.1, 0.15) is 71.6 Å². The lowest BCUT2D eigenvalue weighted by atomic mass is 9.91. The van der Waals surface area contributed by atoms with E-state index in [1.54, 1.807) is 0 Å². The normalized spacial score (nSPS) is 12.2. The van der Waals surface area contributed by atoms with Gasteiger partial charge in [-0.1, -0.05) is 68.9 Å². The molecule has 0 aliphatic rings. The maximum atomic E-state index is 13.3. The van der Waals surface area contributed by atoms with Gasteiger partial charge in [-0.05, 0) is 92.2 Å². The second-order valence-corrected chi connectivity index (χ2v) is 10.5. The minimum atomic E-state index is -0.563. The van der Waals surface area contributed by atoms with Crippen LogP contribution in [0.4, 0.5) is 4.39 Å². The van der Waals surface area contributed by atoms with Crippen LogP contribution in [0.3, 0.4) is 0 Å².